The summed E-state index contributed by atoms with van der Waals surface area (Å²) in [5.74, 6) is 0. The van der Waals surface area contributed by atoms with Crippen molar-refractivity contribution < 1.29 is 76.7 Å². The van der Waals surface area contributed by atoms with Crippen molar-refractivity contribution in [2.24, 2.45) is 0 Å². The zero-order valence-electron chi connectivity index (χ0n) is 17.7. The monoisotopic (exact) mass is 494 g/mol. The number of hydrogen-bond donors (Lipinski definition) is 0. The standard InChI is InChI=1S/C25H21BF3P.ClH.K/c27-26(28,29)22-18-16-21(17-19-22)20-30(23-10-4-1-5-11-23,24-12-6-2-7-13-24)25-14-8-3-9-15-25;;/h1-19H,20H2;1H;/q;;+1/p-1. The molecule has 0 aromatic heterocycles. The molecule has 0 atom stereocenters. The van der Waals surface area contributed by atoms with Gasteiger partial charge in [-0.2, -0.15) is 0 Å². The molecule has 0 aliphatic carbocycles. The second-order valence-corrected chi connectivity index (χ2v) is 10.8. The predicted molar refractivity (Wildman–Crippen MR) is 124 cm³/mol. The summed E-state index contributed by atoms with van der Waals surface area (Å²) >= 11 is 0. The van der Waals surface area contributed by atoms with Gasteiger partial charge in [0, 0.05) is 0 Å². The van der Waals surface area contributed by atoms with Crippen LogP contribution in [0.3, 0.4) is 0 Å². The first kappa shape index (κ1) is 27.3. The molecule has 0 saturated heterocycles. The summed E-state index contributed by atoms with van der Waals surface area (Å²) in [6, 6.07) is 36.7. The molecule has 4 aromatic carbocycles. The molecule has 158 valence electrons. The normalized spacial score (nSPS) is 11.2. The van der Waals surface area contributed by atoms with E-state index in [1.54, 1.807) is 12.1 Å². The maximum absolute atomic E-state index is 13.1. The van der Waals surface area contributed by atoms with E-state index >= 15 is 0 Å². The summed E-state index contributed by atoms with van der Waals surface area (Å²) in [6.07, 6.45) is 0.663. The number of benzene rings is 4. The van der Waals surface area contributed by atoms with Gasteiger partial charge in [-0.3, -0.25) is 0 Å². The Morgan fingerprint density at radius 2 is 0.875 bits per heavy atom. The van der Waals surface area contributed by atoms with Crippen molar-refractivity contribution in [1.29, 1.82) is 0 Å². The molecule has 0 saturated carbocycles. The van der Waals surface area contributed by atoms with Crippen LogP contribution in [-0.2, 0) is 6.16 Å². The van der Waals surface area contributed by atoms with Crippen LogP contribution in [0.15, 0.2) is 115 Å². The van der Waals surface area contributed by atoms with Gasteiger partial charge in [0.05, 0.1) is 6.16 Å². The van der Waals surface area contributed by atoms with E-state index in [9.17, 15) is 12.9 Å². The molecule has 0 aliphatic rings. The zero-order valence-corrected chi connectivity index (χ0v) is 22.5. The first-order chi connectivity index (χ1) is 14.5. The van der Waals surface area contributed by atoms with Crippen LogP contribution in [0.1, 0.15) is 5.56 Å². The molecule has 32 heavy (non-hydrogen) atoms. The van der Waals surface area contributed by atoms with E-state index < -0.39 is 19.7 Å². The van der Waals surface area contributed by atoms with Gasteiger partial charge in [-0.15, -0.1) is 5.46 Å². The maximum Gasteiger partial charge on any atom is 1.00 e. The molecule has 0 amide bonds. The van der Waals surface area contributed by atoms with Crippen LogP contribution in [0, 0.1) is 0 Å². The third-order valence-electron chi connectivity index (χ3n) is 5.37. The van der Waals surface area contributed by atoms with Crippen LogP contribution in [-0.4, -0.2) is 6.98 Å². The summed E-state index contributed by atoms with van der Waals surface area (Å²) in [7, 11) is -2.11. The Morgan fingerprint density at radius 3 is 1.19 bits per heavy atom. The van der Waals surface area contributed by atoms with Crippen molar-refractivity contribution in [2.75, 3.05) is 0 Å². The Bertz CT molecular complexity index is 996. The van der Waals surface area contributed by atoms with Gasteiger partial charge >= 0.3 is 58.4 Å². The summed E-state index contributed by atoms with van der Waals surface area (Å²) in [5.41, 5.74) is 0.352. The van der Waals surface area contributed by atoms with Gasteiger partial charge in [-0.25, -0.2) is 0 Å². The van der Waals surface area contributed by atoms with Gasteiger partial charge in [0.15, 0.2) is 0 Å². The molecule has 0 bridgehead atoms. The van der Waals surface area contributed by atoms with E-state index in [-0.39, 0.29) is 63.8 Å². The van der Waals surface area contributed by atoms with E-state index in [0.29, 0.717) is 6.16 Å². The fourth-order valence-electron chi connectivity index (χ4n) is 3.88. The number of rotatable bonds is 6. The molecule has 0 aliphatic heterocycles. The maximum atomic E-state index is 13.1. The van der Waals surface area contributed by atoms with Crippen LogP contribution in [0.2, 0.25) is 0 Å². The van der Waals surface area contributed by atoms with Gasteiger partial charge in [0.2, 0.25) is 0 Å². The smallest absolute Gasteiger partial charge is 1.00 e. The van der Waals surface area contributed by atoms with Crippen LogP contribution in [0.25, 0.3) is 0 Å². The summed E-state index contributed by atoms with van der Waals surface area (Å²) < 4.78 is 39.4. The van der Waals surface area contributed by atoms with E-state index in [1.807, 2.05) is 54.6 Å². The second kappa shape index (κ2) is 12.0. The fourth-order valence-corrected chi connectivity index (χ4v) is 8.13. The van der Waals surface area contributed by atoms with E-state index in [4.69, 9.17) is 0 Å². The van der Waals surface area contributed by atoms with Crippen LogP contribution < -0.4 is 85.2 Å². The molecule has 4 rings (SSSR count). The fraction of sp³-hybridized carbons (Fsp3) is 0.0400. The minimum Gasteiger partial charge on any atom is -1.00 e. The van der Waals surface area contributed by atoms with Crippen molar-refractivity contribution >= 4 is 35.6 Å². The molecule has 0 fully saturated rings. The predicted octanol–water partition coefficient (Wildman–Crippen LogP) is -0.757. The quantitative estimate of drug-likeness (QED) is 0.244. The average molecular weight is 495 g/mol. The first-order valence-corrected chi connectivity index (χ1v) is 11.8. The van der Waals surface area contributed by atoms with Crippen molar-refractivity contribution in [1.82, 2.24) is 0 Å². The van der Waals surface area contributed by atoms with Crippen LogP contribution >= 0.6 is 7.26 Å². The molecule has 0 radical (unpaired) electrons. The zero-order chi connectivity index (χ0) is 21.0. The number of hydrogen-bond acceptors (Lipinski definition) is 0. The van der Waals surface area contributed by atoms with E-state index in [0.717, 1.165) is 5.56 Å². The Balaban J connectivity index is 0.00000181. The molecule has 0 heterocycles. The minimum absolute atomic E-state index is 0. The molecule has 0 unspecified atom stereocenters. The molecule has 0 N–H and O–H groups in total. The van der Waals surface area contributed by atoms with Crippen molar-refractivity contribution in [3.63, 3.8) is 0 Å². The SMILES string of the molecule is F[B-](F)(F)c1ccc(C[P+](c2ccccc2)(c2ccccc2)c2ccccc2)cc1.[Cl-].[K+]. The third-order valence-corrected chi connectivity index (χ3v) is 9.75. The average Bonchev–Trinajstić information content (AvgIpc) is 2.79. The Hall–Kier alpha value is -0.909. The molecular weight excluding hydrogens is 474 g/mol. The first-order valence-electron chi connectivity index (χ1n) is 9.84. The van der Waals surface area contributed by atoms with Crippen LogP contribution in [0.5, 0.6) is 0 Å². The molecule has 0 nitrogen and oxygen atoms in total. The minimum atomic E-state index is -4.99. The van der Waals surface area contributed by atoms with Crippen molar-refractivity contribution in [3.8, 4) is 0 Å². The van der Waals surface area contributed by atoms with Crippen LogP contribution in [0.4, 0.5) is 12.9 Å². The van der Waals surface area contributed by atoms with E-state index in [1.165, 1.54) is 28.0 Å². The molecule has 4 aromatic rings. The molecule has 0 spiro atoms. The Labute approximate surface area is 236 Å². The topological polar surface area (TPSA) is 0 Å². The van der Waals surface area contributed by atoms with Gasteiger partial charge in [-0.05, 0) is 42.0 Å². The summed E-state index contributed by atoms with van der Waals surface area (Å²) in [6.45, 7) is -4.99. The van der Waals surface area contributed by atoms with Crippen molar-refractivity contribution in [2.45, 2.75) is 6.16 Å². The van der Waals surface area contributed by atoms with Gasteiger partial charge < -0.3 is 25.4 Å². The Morgan fingerprint density at radius 1 is 0.531 bits per heavy atom. The van der Waals surface area contributed by atoms with Gasteiger partial charge in [0.1, 0.15) is 23.2 Å². The van der Waals surface area contributed by atoms with E-state index in [2.05, 4.69) is 36.4 Å². The van der Waals surface area contributed by atoms with Crippen molar-refractivity contribution in [3.05, 3.63) is 121 Å². The van der Waals surface area contributed by atoms with Gasteiger partial charge in [-0.1, -0.05) is 78.9 Å². The second-order valence-electron chi connectivity index (χ2n) is 7.29. The third kappa shape index (κ3) is 5.95. The molecule has 7 heteroatoms. The Kier molecular flexibility index (Phi) is 10.2. The van der Waals surface area contributed by atoms with Gasteiger partial charge in [0.25, 0.3) is 0 Å². The number of halogens is 4. The summed E-state index contributed by atoms with van der Waals surface area (Å²) in [4.78, 5) is 0. The summed E-state index contributed by atoms with van der Waals surface area (Å²) in [5, 5.41) is 3.64. The molecular formula is C25H21BClF3KP. The largest absolute Gasteiger partial charge is 1.00 e.